The van der Waals surface area contributed by atoms with E-state index < -0.39 is 0 Å². The lowest BCUT2D eigenvalue weighted by molar-refractivity contribution is 0.167. The van der Waals surface area contributed by atoms with Crippen molar-refractivity contribution in [2.45, 2.75) is 178 Å². The third-order valence-electron chi connectivity index (χ3n) is 16.2. The number of fused-ring (bicyclic) bond motifs is 20. The molecule has 0 aromatic heterocycles. The van der Waals surface area contributed by atoms with Gasteiger partial charge in [0.1, 0.15) is 0 Å². The summed E-state index contributed by atoms with van der Waals surface area (Å²) in [5, 5.41) is 33.8. The van der Waals surface area contributed by atoms with Crippen LogP contribution in [0.5, 0.6) is 0 Å². The van der Waals surface area contributed by atoms with Crippen LogP contribution in [0.15, 0.2) is 35.9 Å². The maximum atomic E-state index is 4.26. The summed E-state index contributed by atoms with van der Waals surface area (Å²) in [4.78, 5) is 0. The van der Waals surface area contributed by atoms with Crippen LogP contribution < -0.4 is 42.5 Å². The van der Waals surface area contributed by atoms with E-state index in [1.54, 1.807) is 5.57 Å². The van der Waals surface area contributed by atoms with Gasteiger partial charge in [-0.15, -0.1) is 0 Å². The van der Waals surface area contributed by atoms with Gasteiger partial charge >= 0.3 is 0 Å². The first-order chi connectivity index (χ1) is 25.7. The number of allylic oxidation sites excluding steroid dienone is 1. The molecule has 8 atom stereocenters. The minimum Gasteiger partial charge on any atom is -0.286 e. The molecule has 5 aliphatic carbocycles. The zero-order valence-corrected chi connectivity index (χ0v) is 31.8. The number of benzene rings is 1. The third-order valence-corrected chi connectivity index (χ3v) is 16.2. The highest BCUT2D eigenvalue weighted by Gasteiger charge is 2.54. The van der Waals surface area contributed by atoms with Crippen LogP contribution in [0.2, 0.25) is 0 Å². The second-order valence-electron chi connectivity index (χ2n) is 19.0. The number of rotatable bonds is 1. The molecular formula is C44H70N8. The van der Waals surface area contributed by atoms with Crippen molar-refractivity contribution in [1.82, 2.24) is 42.5 Å². The Labute approximate surface area is 314 Å². The highest BCUT2D eigenvalue weighted by molar-refractivity contribution is 5.53. The van der Waals surface area contributed by atoms with Crippen molar-refractivity contribution < 1.29 is 0 Å². The molecule has 5 saturated carbocycles. The molecule has 1 aromatic carbocycles. The second kappa shape index (κ2) is 15.6. The highest BCUT2D eigenvalue weighted by atomic mass is 15.4. The maximum absolute atomic E-state index is 4.26. The van der Waals surface area contributed by atoms with E-state index in [0.29, 0.717) is 49.3 Å². The van der Waals surface area contributed by atoms with Gasteiger partial charge in [-0.3, -0.25) is 42.5 Å². The summed E-state index contributed by atoms with van der Waals surface area (Å²) >= 11 is 0. The molecule has 11 rings (SSSR count). The summed E-state index contributed by atoms with van der Waals surface area (Å²) in [5.41, 5.74) is 2.98. The molecule has 5 heterocycles. The zero-order valence-electron chi connectivity index (χ0n) is 31.8. The van der Waals surface area contributed by atoms with Crippen molar-refractivity contribution >= 4 is 6.08 Å². The van der Waals surface area contributed by atoms with E-state index in [2.05, 4.69) is 78.9 Å². The van der Waals surface area contributed by atoms with Crippen LogP contribution in [0.4, 0.5) is 0 Å². The van der Waals surface area contributed by atoms with Crippen LogP contribution in [-0.2, 0) is 0 Å². The molecule has 8 unspecified atom stereocenters. The first kappa shape index (κ1) is 35.1. The van der Waals surface area contributed by atoms with E-state index in [1.165, 1.54) is 134 Å². The quantitative estimate of drug-likeness (QED) is 0.174. The van der Waals surface area contributed by atoms with Crippen molar-refractivity contribution in [1.29, 1.82) is 0 Å². The SMILES string of the molecule is C(=C1CCCC1)c1ccccc1.C1CCC2C3NC(NC4NC(NC5NC(NC6NC(N3)C3CCCCC63)C3CCCCC53)C3CCCCC43)C2C1. The molecule has 5 aliphatic heterocycles. The Morgan fingerprint density at radius 3 is 0.827 bits per heavy atom. The van der Waals surface area contributed by atoms with E-state index >= 15 is 0 Å². The van der Waals surface area contributed by atoms with Crippen molar-refractivity contribution in [3.63, 3.8) is 0 Å². The van der Waals surface area contributed by atoms with Crippen LogP contribution in [0, 0.1) is 47.3 Å². The van der Waals surface area contributed by atoms with Crippen LogP contribution in [-0.4, -0.2) is 49.3 Å². The summed E-state index contributed by atoms with van der Waals surface area (Å²) in [5.74, 6) is 5.97. The molecule has 52 heavy (non-hydrogen) atoms. The molecule has 10 fully saturated rings. The monoisotopic (exact) mass is 711 g/mol. The summed E-state index contributed by atoms with van der Waals surface area (Å²) < 4.78 is 0. The normalized spacial score (nSPS) is 48.1. The standard InChI is InChI=1S/C32H56N8.C12H14/c1-2-10-18-17(9-1)25-33-26(18)38-28-21-13-5-6-14-22(21)30(35-28)40-32-24-16-8-7-15-23(24)31(36-32)39-29-20-12-4-3-11-19(20)27(34-29)37-25;1-2-6-11(7-3-1)10-12-8-4-5-9-12/h17-40H,1-16H2;1-3,6-7,10H,4-5,8-9H2. The smallest absolute Gasteiger partial charge is 0.0628 e. The first-order valence-corrected chi connectivity index (χ1v) is 22.6. The Morgan fingerprint density at radius 2 is 0.577 bits per heavy atom. The molecule has 8 nitrogen and oxygen atoms in total. The van der Waals surface area contributed by atoms with Crippen molar-refractivity contribution in [2.24, 2.45) is 47.3 Å². The molecular weight excluding hydrogens is 641 g/mol. The Kier molecular flexibility index (Phi) is 10.6. The van der Waals surface area contributed by atoms with Crippen molar-refractivity contribution in [3.05, 3.63) is 41.5 Å². The van der Waals surface area contributed by atoms with Crippen molar-refractivity contribution in [3.8, 4) is 0 Å². The summed E-state index contributed by atoms with van der Waals surface area (Å²) in [6.45, 7) is 0. The van der Waals surface area contributed by atoms with Gasteiger partial charge in [0.05, 0.1) is 49.3 Å². The van der Waals surface area contributed by atoms with Crippen LogP contribution in [0.1, 0.15) is 134 Å². The molecule has 8 heteroatoms. The van der Waals surface area contributed by atoms with E-state index in [9.17, 15) is 0 Å². The summed E-state index contributed by atoms with van der Waals surface area (Å²) in [6, 6.07) is 10.6. The van der Waals surface area contributed by atoms with Gasteiger partial charge in [0.15, 0.2) is 0 Å². The molecule has 0 amide bonds. The Balaban J connectivity index is 0.000000240. The number of nitrogens with one attached hydrogen (secondary N) is 8. The third kappa shape index (κ3) is 6.99. The van der Waals surface area contributed by atoms with Gasteiger partial charge in [-0.25, -0.2) is 0 Å². The lowest BCUT2D eigenvalue weighted by Crippen LogP contribution is -2.61. The second-order valence-corrected chi connectivity index (χ2v) is 19.0. The predicted octanol–water partition coefficient (Wildman–Crippen LogP) is 6.25. The Hall–Kier alpha value is -1.36. The predicted molar refractivity (Wildman–Crippen MR) is 210 cm³/mol. The van der Waals surface area contributed by atoms with E-state index in [0.717, 1.165) is 47.3 Å². The fraction of sp³-hybridized carbons (Fsp3) is 0.818. The highest BCUT2D eigenvalue weighted by Crippen LogP contribution is 2.45. The Bertz CT molecular complexity index is 1150. The average molecular weight is 711 g/mol. The van der Waals surface area contributed by atoms with Crippen LogP contribution in [0.3, 0.4) is 0 Å². The number of hydrogen-bond donors (Lipinski definition) is 8. The molecule has 0 spiro atoms. The Morgan fingerprint density at radius 1 is 0.327 bits per heavy atom. The molecule has 1 aromatic rings. The average Bonchev–Trinajstić information content (AvgIpc) is 4.03. The minimum absolute atomic E-state index is 0.420. The molecule has 10 aliphatic rings. The topological polar surface area (TPSA) is 96.2 Å². The summed E-state index contributed by atoms with van der Waals surface area (Å²) in [6.07, 6.45) is 33.3. The molecule has 8 bridgehead atoms. The van der Waals surface area contributed by atoms with Gasteiger partial charge in [-0.1, -0.05) is 93.3 Å². The van der Waals surface area contributed by atoms with Gasteiger partial charge in [-0.05, 0) is 130 Å². The van der Waals surface area contributed by atoms with E-state index in [1.807, 2.05) is 0 Å². The fourth-order valence-electron chi connectivity index (χ4n) is 13.7. The minimum atomic E-state index is 0.420. The van der Waals surface area contributed by atoms with Gasteiger partial charge in [0.25, 0.3) is 0 Å². The van der Waals surface area contributed by atoms with E-state index in [4.69, 9.17) is 0 Å². The molecule has 5 saturated heterocycles. The van der Waals surface area contributed by atoms with Gasteiger partial charge in [0, 0.05) is 0 Å². The lowest BCUT2D eigenvalue weighted by Gasteiger charge is -2.35. The van der Waals surface area contributed by atoms with Crippen LogP contribution >= 0.6 is 0 Å². The van der Waals surface area contributed by atoms with Gasteiger partial charge < -0.3 is 0 Å². The lowest BCUT2D eigenvalue weighted by atomic mass is 9.76. The molecule has 8 N–H and O–H groups in total. The van der Waals surface area contributed by atoms with Gasteiger partial charge in [-0.2, -0.15) is 0 Å². The van der Waals surface area contributed by atoms with E-state index in [-0.39, 0.29) is 0 Å². The van der Waals surface area contributed by atoms with Crippen molar-refractivity contribution in [2.75, 3.05) is 0 Å². The van der Waals surface area contributed by atoms with Gasteiger partial charge in [0.2, 0.25) is 0 Å². The fourth-order valence-corrected chi connectivity index (χ4v) is 13.7. The number of hydrogen-bond acceptors (Lipinski definition) is 8. The largest absolute Gasteiger partial charge is 0.286 e. The van der Waals surface area contributed by atoms with Crippen LogP contribution in [0.25, 0.3) is 6.08 Å². The molecule has 0 radical (unpaired) electrons. The molecule has 286 valence electrons. The summed E-state index contributed by atoms with van der Waals surface area (Å²) in [7, 11) is 0. The zero-order chi connectivity index (χ0) is 34.4. The first-order valence-electron chi connectivity index (χ1n) is 22.6. The maximum Gasteiger partial charge on any atom is 0.0628 e.